The van der Waals surface area contributed by atoms with Crippen LogP contribution in [-0.4, -0.2) is 337 Å². The molecule has 0 radical (unpaired) electrons. The Balaban J connectivity index is 1.00. The molecule has 0 bridgehead atoms. The number of carbonyl (C=O) groups is 13. The third-order valence-corrected chi connectivity index (χ3v) is 19.0. The number of ether oxygens (including phenoxy) is 6. The summed E-state index contributed by atoms with van der Waals surface area (Å²) >= 11 is 0. The van der Waals surface area contributed by atoms with E-state index in [9.17, 15) is 108 Å². The van der Waals surface area contributed by atoms with Crippen molar-refractivity contribution < 1.29 is 137 Å². The van der Waals surface area contributed by atoms with Crippen LogP contribution in [0.15, 0.2) is 18.6 Å². The fourth-order valence-corrected chi connectivity index (χ4v) is 12.6. The normalized spacial score (nSPS) is 23.3. The lowest BCUT2D eigenvalue weighted by atomic mass is 9.97. The zero-order chi connectivity index (χ0) is 88.7. The summed E-state index contributed by atoms with van der Waals surface area (Å²) < 4.78 is 38.0. The lowest BCUT2D eigenvalue weighted by Crippen LogP contribution is -2.64. The Kier molecular flexibility index (Phi) is 43.1. The van der Waals surface area contributed by atoms with Crippen molar-refractivity contribution in [2.45, 2.75) is 267 Å². The molecule has 3 saturated heterocycles. The molecule has 51 heteroatoms. The molecule has 3 unspecified atom stereocenters. The number of hydrazine groups is 1. The van der Waals surface area contributed by atoms with Gasteiger partial charge in [-0.3, -0.25) is 67.8 Å². The molecular weight excluding hydrogens is 1610 g/mol. The summed E-state index contributed by atoms with van der Waals surface area (Å²) in [5, 5.41) is 147. The van der Waals surface area contributed by atoms with Gasteiger partial charge in [-0.2, -0.15) is 0 Å². The zero-order valence-corrected chi connectivity index (χ0v) is 67.5. The van der Waals surface area contributed by atoms with E-state index >= 15 is 0 Å². The number of nitrogens with two attached hydrogens (primary N) is 1. The standard InChI is InChI=1S/C70H115N23O28/c1-37(97)78-44(13-16-50(101)75-28-41-31-91(88-85-41)22-25-116-68-56(79-38(2)98)62(110)59(107)47(34-94)119-68)65(113)73-20-8-11-54(105)83-46(15-18-52(103)77-30-43-33-93(90-87-43)24-27-118-70-58(81-40(4)100)64(112)61(109)49(36-96)121-70)67(115)74-21-9-12-53(104)82-45(66(114)72-19-7-5-6-10-55(106)84-71)14-17-51(102)76-29-42-32-92(89-86-42)23-26-117-69-57(80-39(3)99)63(111)60(108)48(35-95)120-69/h31-33,44-49,56-64,68-70,94-96,107-112H,5-30,34-36,71H2,1-4H3,(H,72,114)(H,73,113)(H,74,115)(H,75,101)(H,76,102)(H,77,103)(H,78,97)(H,79,98)(H,80,99)(H,81,100)(H,82,104)(H,83,105)(H,84,106)/t44?,45?,46?,47-,48-,49-,56-,57-,58-,59-,60-,61-,62-,63-,64-,68-,69-,70-/m1/s1. The molecule has 678 valence electrons. The van der Waals surface area contributed by atoms with Crippen molar-refractivity contribution in [3.8, 4) is 0 Å². The van der Waals surface area contributed by atoms with E-state index in [0.29, 0.717) is 30.7 Å². The number of aliphatic hydroxyl groups is 9. The molecule has 3 aliphatic heterocycles. The smallest absolute Gasteiger partial charge is 0.242 e. The summed E-state index contributed by atoms with van der Waals surface area (Å²) in [5.41, 5.74) is 2.94. The second kappa shape index (κ2) is 52.3. The van der Waals surface area contributed by atoms with Crippen molar-refractivity contribution in [1.29, 1.82) is 0 Å². The first-order valence-electron chi connectivity index (χ1n) is 39.5. The second-order valence-corrected chi connectivity index (χ2v) is 28.7. The predicted octanol–water partition coefficient (Wildman–Crippen LogP) is -12.1. The molecule has 18 atom stereocenters. The van der Waals surface area contributed by atoms with Gasteiger partial charge in [0, 0.05) is 85.9 Å². The summed E-state index contributed by atoms with van der Waals surface area (Å²) in [6.07, 6.45) is -12.5. The van der Waals surface area contributed by atoms with Crippen molar-refractivity contribution in [3.05, 3.63) is 35.7 Å². The molecule has 121 heavy (non-hydrogen) atoms. The first kappa shape index (κ1) is 99.7. The Bertz CT molecular complexity index is 3820. The zero-order valence-electron chi connectivity index (χ0n) is 67.5. The third-order valence-electron chi connectivity index (χ3n) is 19.0. The van der Waals surface area contributed by atoms with Gasteiger partial charge in [-0.15, -0.1) is 15.3 Å². The summed E-state index contributed by atoms with van der Waals surface area (Å²) in [7, 11) is 0. The third kappa shape index (κ3) is 34.7. The van der Waals surface area contributed by atoms with Crippen LogP contribution in [0, 0.1) is 0 Å². The van der Waals surface area contributed by atoms with E-state index in [-0.39, 0.29) is 161 Å². The van der Waals surface area contributed by atoms with Crippen LogP contribution in [0.3, 0.4) is 0 Å². The maximum absolute atomic E-state index is 13.9. The number of aromatic nitrogens is 9. The second-order valence-electron chi connectivity index (χ2n) is 28.7. The first-order chi connectivity index (χ1) is 57.8. The average Bonchev–Trinajstić information content (AvgIpc) is 1.10. The lowest BCUT2D eigenvalue weighted by Gasteiger charge is -2.42. The summed E-state index contributed by atoms with van der Waals surface area (Å²) in [6.45, 7) is 2.15. The van der Waals surface area contributed by atoms with Gasteiger partial charge in [0.25, 0.3) is 0 Å². The van der Waals surface area contributed by atoms with E-state index < -0.39 is 201 Å². The van der Waals surface area contributed by atoms with Gasteiger partial charge < -0.3 is 138 Å². The van der Waals surface area contributed by atoms with Crippen molar-refractivity contribution in [1.82, 2.24) is 114 Å². The van der Waals surface area contributed by atoms with E-state index in [4.69, 9.17) is 34.3 Å². The number of hydrogen-bond donors (Lipinski definition) is 23. The molecular formula is C70H115N23O28. The Hall–Kier alpha value is -10.1. The van der Waals surface area contributed by atoms with Crippen LogP contribution in [0.5, 0.6) is 0 Å². The lowest BCUT2D eigenvalue weighted by molar-refractivity contribution is -0.270. The summed E-state index contributed by atoms with van der Waals surface area (Å²) in [5.74, 6) is -2.50. The minimum atomic E-state index is -1.54. The van der Waals surface area contributed by atoms with Gasteiger partial charge in [0.05, 0.1) is 97.5 Å². The highest BCUT2D eigenvalue weighted by Gasteiger charge is 2.48. The fourth-order valence-electron chi connectivity index (χ4n) is 12.6. The maximum atomic E-state index is 13.9. The van der Waals surface area contributed by atoms with Crippen LogP contribution >= 0.6 is 0 Å². The van der Waals surface area contributed by atoms with Crippen molar-refractivity contribution >= 4 is 76.8 Å². The largest absolute Gasteiger partial charge is 0.394 e. The minimum absolute atomic E-state index is 0.0124. The highest BCUT2D eigenvalue weighted by atomic mass is 16.7. The number of hydrogen-bond acceptors (Lipinski definition) is 35. The number of nitrogens with one attached hydrogen (secondary N) is 13. The quantitative estimate of drug-likeness (QED) is 0.0108. The fraction of sp³-hybridized carbons (Fsp3) is 0.729. The molecule has 6 heterocycles. The van der Waals surface area contributed by atoms with Crippen molar-refractivity contribution in [2.75, 3.05) is 59.3 Å². The molecule has 0 aliphatic carbocycles. The maximum Gasteiger partial charge on any atom is 0.242 e. The molecule has 0 spiro atoms. The van der Waals surface area contributed by atoms with Gasteiger partial charge in [0.1, 0.15) is 108 Å². The van der Waals surface area contributed by atoms with Gasteiger partial charge in [-0.1, -0.05) is 22.1 Å². The Morgan fingerprint density at radius 1 is 0.388 bits per heavy atom. The van der Waals surface area contributed by atoms with E-state index in [1.54, 1.807) is 0 Å². The molecule has 13 amide bonds. The molecule has 0 aromatic carbocycles. The molecule has 3 fully saturated rings. The number of carbonyl (C=O) groups excluding carboxylic acids is 13. The first-order valence-corrected chi connectivity index (χ1v) is 39.5. The van der Waals surface area contributed by atoms with Gasteiger partial charge in [-0.25, -0.2) is 19.9 Å². The topological polar surface area (TPSA) is 734 Å². The van der Waals surface area contributed by atoms with Gasteiger partial charge in [0.2, 0.25) is 76.8 Å². The number of rotatable bonds is 53. The molecule has 6 rings (SSSR count). The van der Waals surface area contributed by atoms with E-state index in [0.717, 1.165) is 0 Å². The van der Waals surface area contributed by atoms with Gasteiger partial charge in [0.15, 0.2) is 18.9 Å². The SMILES string of the molecule is CC(=O)NC(CCC(=O)NCc1cn(CCO[C@@H]2O[C@H](CO)[C@@H](O)[C@H](O)[C@H]2NC(C)=O)nn1)C(=O)NCCCC(=O)NC(CCC(=O)NCc1cn(CCO[C@@H]2O[C@H](CO)[C@@H](O)[C@H](O)[C@H]2NC(C)=O)nn1)C(=O)NCCCC(=O)NC(CCC(=O)NCc1cn(CCO[C@@H]2O[C@H](CO)[C@@H](O)[C@H](O)[C@H]2NC(C)=O)nn1)C(=O)NCCCCCC(=O)NN. The molecule has 0 saturated carbocycles. The monoisotopic (exact) mass is 1730 g/mol. The number of unbranched alkanes of at least 4 members (excludes halogenated alkanes) is 2. The van der Waals surface area contributed by atoms with Gasteiger partial charge in [-0.05, 0) is 44.9 Å². The van der Waals surface area contributed by atoms with E-state index in [2.05, 4.69) is 94.7 Å². The molecule has 3 aliphatic rings. The van der Waals surface area contributed by atoms with Crippen LogP contribution in [0.4, 0.5) is 0 Å². The number of aliphatic hydroxyl groups excluding tert-OH is 9. The van der Waals surface area contributed by atoms with Crippen LogP contribution in [0.2, 0.25) is 0 Å². The summed E-state index contributed by atoms with van der Waals surface area (Å²) in [6, 6.07) is -7.33. The Morgan fingerprint density at radius 2 is 0.694 bits per heavy atom. The molecule has 51 nitrogen and oxygen atoms in total. The molecule has 24 N–H and O–H groups in total. The van der Waals surface area contributed by atoms with Crippen LogP contribution in [0.1, 0.15) is 135 Å². The minimum Gasteiger partial charge on any atom is -0.394 e. The van der Waals surface area contributed by atoms with Crippen LogP contribution in [0.25, 0.3) is 0 Å². The predicted molar refractivity (Wildman–Crippen MR) is 407 cm³/mol. The average molecular weight is 1730 g/mol. The molecule has 3 aromatic rings. The van der Waals surface area contributed by atoms with Crippen LogP contribution in [-0.2, 0) is 130 Å². The number of nitrogens with zero attached hydrogens (tertiary/aromatic N) is 9. The van der Waals surface area contributed by atoms with Crippen molar-refractivity contribution in [2.24, 2.45) is 5.84 Å². The highest BCUT2D eigenvalue weighted by Crippen LogP contribution is 2.26. The molecule has 3 aromatic heterocycles. The van der Waals surface area contributed by atoms with E-state index in [1.807, 2.05) is 5.43 Å². The summed E-state index contributed by atoms with van der Waals surface area (Å²) in [4.78, 5) is 167. The van der Waals surface area contributed by atoms with Crippen LogP contribution < -0.4 is 75.1 Å². The number of amides is 13. The van der Waals surface area contributed by atoms with Crippen molar-refractivity contribution in [3.63, 3.8) is 0 Å². The highest BCUT2D eigenvalue weighted by molar-refractivity contribution is 5.90. The Morgan fingerprint density at radius 3 is 0.992 bits per heavy atom. The van der Waals surface area contributed by atoms with Gasteiger partial charge >= 0.3 is 0 Å². The van der Waals surface area contributed by atoms with E-state index in [1.165, 1.54) is 60.3 Å². The Labute approximate surface area is 693 Å².